The molecule has 0 saturated heterocycles. The Hall–Kier alpha value is -2.34. The first-order valence-electron chi connectivity index (χ1n) is 9.17. The molecule has 0 radical (unpaired) electrons. The molecular formula is C25H23PS. The quantitative estimate of drug-likeness (QED) is 0.372. The summed E-state index contributed by atoms with van der Waals surface area (Å²) < 4.78 is 0. The number of rotatable bonds is 5. The summed E-state index contributed by atoms with van der Waals surface area (Å²) in [7, 11) is 0. The van der Waals surface area contributed by atoms with E-state index in [1.165, 1.54) is 21.2 Å². The number of thiol groups is 1. The molecule has 0 nitrogen and oxygen atoms in total. The summed E-state index contributed by atoms with van der Waals surface area (Å²) in [5.41, 5.74) is 0.744. The van der Waals surface area contributed by atoms with Gasteiger partial charge in [0.2, 0.25) is 0 Å². The number of hydrogen-bond donors (Lipinski definition) is 1. The van der Waals surface area contributed by atoms with E-state index in [0.717, 1.165) is 5.49 Å². The second-order valence-corrected chi connectivity index (χ2v) is 12.6. The van der Waals surface area contributed by atoms with E-state index in [9.17, 15) is 0 Å². The van der Waals surface area contributed by atoms with E-state index in [-0.39, 0.29) is 0 Å². The van der Waals surface area contributed by atoms with Gasteiger partial charge in [-0.1, -0.05) is 0 Å². The van der Waals surface area contributed by atoms with Gasteiger partial charge in [0.15, 0.2) is 0 Å². The zero-order valence-electron chi connectivity index (χ0n) is 15.1. The van der Waals surface area contributed by atoms with Crippen LogP contribution < -0.4 is 21.2 Å². The topological polar surface area (TPSA) is 0 Å². The summed E-state index contributed by atoms with van der Waals surface area (Å²) >= 11 is 5.09. The van der Waals surface area contributed by atoms with Gasteiger partial charge in [-0.25, -0.2) is 0 Å². The molecule has 0 aliphatic rings. The van der Waals surface area contributed by atoms with Crippen molar-refractivity contribution >= 4 is 40.5 Å². The molecule has 0 bridgehead atoms. The Morgan fingerprint density at radius 1 is 0.407 bits per heavy atom. The van der Waals surface area contributed by atoms with Gasteiger partial charge in [-0.3, -0.25) is 0 Å². The maximum atomic E-state index is 5.09. The average Bonchev–Trinajstić information content (AvgIpc) is 2.78. The molecule has 0 saturated carbocycles. The third-order valence-electron chi connectivity index (χ3n) is 5.59. The fourth-order valence-corrected chi connectivity index (χ4v) is 12.0. The molecule has 0 N–H and O–H groups in total. The van der Waals surface area contributed by atoms with Gasteiger partial charge in [-0.05, 0) is 0 Å². The molecule has 4 aromatic carbocycles. The van der Waals surface area contributed by atoms with Crippen LogP contribution in [-0.2, 0) is 0 Å². The van der Waals surface area contributed by atoms with Crippen LogP contribution in [0.15, 0.2) is 121 Å². The van der Waals surface area contributed by atoms with Crippen LogP contribution in [0.2, 0.25) is 0 Å². The van der Waals surface area contributed by atoms with E-state index < -0.39 is 6.60 Å². The Bertz CT molecular complexity index is 830. The van der Waals surface area contributed by atoms with Gasteiger partial charge in [-0.15, -0.1) is 0 Å². The molecule has 0 aliphatic heterocycles. The van der Waals surface area contributed by atoms with E-state index >= 15 is 0 Å². The van der Waals surface area contributed by atoms with Gasteiger partial charge in [0.1, 0.15) is 0 Å². The van der Waals surface area contributed by atoms with Gasteiger partial charge in [0, 0.05) is 0 Å². The zero-order valence-corrected chi connectivity index (χ0v) is 16.9. The molecule has 0 aromatic heterocycles. The Balaban J connectivity index is 2.27. The third kappa shape index (κ3) is 2.57. The Morgan fingerprint density at radius 3 is 0.815 bits per heavy atom. The third-order valence-corrected chi connectivity index (χ3v) is 13.6. The summed E-state index contributed by atoms with van der Waals surface area (Å²) in [5.74, 6) is 0. The van der Waals surface area contributed by atoms with Crippen molar-refractivity contribution in [2.45, 2.75) is 0 Å². The molecule has 0 spiro atoms. The van der Waals surface area contributed by atoms with Crippen molar-refractivity contribution in [3.63, 3.8) is 0 Å². The fourth-order valence-electron chi connectivity index (χ4n) is 4.25. The van der Waals surface area contributed by atoms with E-state index in [1.807, 2.05) is 0 Å². The minimum atomic E-state index is -2.98. The molecular weight excluding hydrogens is 363 g/mol. The first-order valence-corrected chi connectivity index (χ1v) is 12.2. The van der Waals surface area contributed by atoms with Crippen LogP contribution in [0.1, 0.15) is 0 Å². The van der Waals surface area contributed by atoms with Crippen molar-refractivity contribution in [3.05, 3.63) is 121 Å². The Labute approximate surface area is 167 Å². The van der Waals surface area contributed by atoms with Crippen molar-refractivity contribution in [2.24, 2.45) is 0 Å². The van der Waals surface area contributed by atoms with Crippen molar-refractivity contribution in [3.8, 4) is 0 Å². The summed E-state index contributed by atoms with van der Waals surface area (Å²) in [6.45, 7) is -2.98. The first-order chi connectivity index (χ1) is 13.3. The number of hydrogen-bond acceptors (Lipinski definition) is 1. The van der Waals surface area contributed by atoms with Crippen LogP contribution in [0.5, 0.6) is 0 Å². The minimum absolute atomic E-state index is 0.744. The fraction of sp³-hybridized carbons (Fsp3) is 0.0400. The van der Waals surface area contributed by atoms with Gasteiger partial charge in [0.05, 0.1) is 0 Å². The molecule has 4 rings (SSSR count). The van der Waals surface area contributed by atoms with E-state index in [1.54, 1.807) is 0 Å². The molecule has 4 aromatic rings. The van der Waals surface area contributed by atoms with Crippen molar-refractivity contribution < 1.29 is 0 Å². The monoisotopic (exact) mass is 386 g/mol. The van der Waals surface area contributed by atoms with Crippen molar-refractivity contribution in [2.75, 3.05) is 5.49 Å². The molecule has 0 unspecified atom stereocenters. The summed E-state index contributed by atoms with van der Waals surface area (Å²) in [5, 5.41) is 5.40. The Kier molecular flexibility index (Phi) is 4.91. The standard InChI is InChI=1S/C25H23PS/c27-21-26(22-13-5-1-6-14-22,23-15-7-2-8-16-23,24-17-9-3-10-18-24)25-19-11-4-12-20-25/h1-20,27H,21H2. The van der Waals surface area contributed by atoms with Crippen LogP contribution in [0.25, 0.3) is 0 Å². The second kappa shape index (κ2) is 7.35. The normalized spacial score (nSPS) is 12.9. The van der Waals surface area contributed by atoms with Crippen molar-refractivity contribution in [1.82, 2.24) is 0 Å². The molecule has 27 heavy (non-hydrogen) atoms. The molecule has 2 heteroatoms. The van der Waals surface area contributed by atoms with Crippen LogP contribution in [0.3, 0.4) is 0 Å². The molecule has 0 amide bonds. The van der Waals surface area contributed by atoms with Crippen LogP contribution in [0.4, 0.5) is 0 Å². The molecule has 0 heterocycles. The summed E-state index contributed by atoms with van der Waals surface area (Å²) in [4.78, 5) is 0. The maximum absolute atomic E-state index is 5.09. The Morgan fingerprint density at radius 2 is 0.630 bits per heavy atom. The van der Waals surface area contributed by atoms with Crippen LogP contribution in [0, 0.1) is 0 Å². The SMILES string of the molecule is SCP(c1ccccc1)(c1ccccc1)(c1ccccc1)c1ccccc1. The molecule has 134 valence electrons. The number of benzene rings is 4. The van der Waals surface area contributed by atoms with E-state index in [4.69, 9.17) is 12.6 Å². The average molecular weight is 387 g/mol. The zero-order chi connectivity index (χ0) is 18.6. The predicted octanol–water partition coefficient (Wildman–Crippen LogP) is 4.73. The van der Waals surface area contributed by atoms with Crippen LogP contribution >= 0.6 is 19.2 Å². The van der Waals surface area contributed by atoms with Gasteiger partial charge >= 0.3 is 167 Å². The van der Waals surface area contributed by atoms with Crippen molar-refractivity contribution in [1.29, 1.82) is 0 Å². The van der Waals surface area contributed by atoms with E-state index in [2.05, 4.69) is 121 Å². The predicted molar refractivity (Wildman–Crippen MR) is 125 cm³/mol. The van der Waals surface area contributed by atoms with Gasteiger partial charge in [0.25, 0.3) is 0 Å². The van der Waals surface area contributed by atoms with Crippen LogP contribution in [-0.4, -0.2) is 5.49 Å². The molecule has 0 atom stereocenters. The van der Waals surface area contributed by atoms with Gasteiger partial charge in [-0.2, -0.15) is 0 Å². The first kappa shape index (κ1) is 18.0. The molecule has 0 aliphatic carbocycles. The summed E-state index contributed by atoms with van der Waals surface area (Å²) in [6, 6.07) is 43.8. The molecule has 0 fully saturated rings. The summed E-state index contributed by atoms with van der Waals surface area (Å²) in [6.07, 6.45) is 0. The van der Waals surface area contributed by atoms with E-state index in [0.29, 0.717) is 0 Å². The van der Waals surface area contributed by atoms with Gasteiger partial charge < -0.3 is 0 Å². The second-order valence-electron chi connectivity index (χ2n) is 6.79.